The fourth-order valence-electron chi connectivity index (χ4n) is 1.96. The van der Waals surface area contributed by atoms with Gasteiger partial charge in [-0.25, -0.2) is 0 Å². The quantitative estimate of drug-likeness (QED) is 0.578. The van der Waals surface area contributed by atoms with E-state index in [2.05, 4.69) is 51.9 Å². The molecule has 1 aromatic rings. The van der Waals surface area contributed by atoms with E-state index in [1.165, 1.54) is 0 Å². The van der Waals surface area contributed by atoms with Crippen LogP contribution >= 0.6 is 0 Å². The van der Waals surface area contributed by atoms with Crippen LogP contribution in [-0.2, 0) is 27.4 Å². The molecule has 0 N–H and O–H groups in total. The van der Waals surface area contributed by atoms with E-state index in [1.54, 1.807) is 0 Å². The van der Waals surface area contributed by atoms with Gasteiger partial charge in [0.25, 0.3) is 0 Å². The summed E-state index contributed by atoms with van der Waals surface area (Å²) in [4.78, 5) is 0. The molecule has 0 aliphatic carbocycles. The van der Waals surface area contributed by atoms with E-state index in [4.69, 9.17) is 14.2 Å². The molecule has 1 aromatic heterocycles. The molecule has 1 rings (SSSR count). The molecule has 0 radical (unpaired) electrons. The van der Waals surface area contributed by atoms with Gasteiger partial charge in [-0.05, 0) is 17.3 Å². The summed E-state index contributed by atoms with van der Waals surface area (Å²) in [5.41, 5.74) is 1.36. The molecule has 1 heterocycles. The van der Waals surface area contributed by atoms with Gasteiger partial charge in [0.2, 0.25) is 0 Å². The van der Waals surface area contributed by atoms with E-state index in [-0.39, 0.29) is 5.41 Å². The first-order valence-electron chi connectivity index (χ1n) is 8.78. The standard InChI is InChI=1S/C18H35N3O3/c1-17(2,3)7-8-22-9-10-23-11-12-24-14-16-13-21(20-19-16)15-18(4,5)6/h13H,7-12,14-15H2,1-6H3. The van der Waals surface area contributed by atoms with Gasteiger partial charge < -0.3 is 14.2 Å². The summed E-state index contributed by atoms with van der Waals surface area (Å²) in [6.07, 6.45) is 3.00. The molecule has 0 amide bonds. The Morgan fingerprint density at radius 2 is 1.42 bits per heavy atom. The SMILES string of the molecule is CC(C)(C)CCOCCOCCOCc1cn(CC(C)(C)C)nn1. The average molecular weight is 341 g/mol. The lowest BCUT2D eigenvalue weighted by Gasteiger charge is -2.17. The van der Waals surface area contributed by atoms with Crippen LogP contribution in [-0.4, -0.2) is 48.0 Å². The first-order valence-corrected chi connectivity index (χ1v) is 8.78. The molecule has 0 atom stereocenters. The Hall–Kier alpha value is -0.980. The lowest BCUT2D eigenvalue weighted by molar-refractivity contribution is 0.00638. The highest BCUT2D eigenvalue weighted by Gasteiger charge is 2.12. The normalized spacial score (nSPS) is 12.8. The molecule has 0 aliphatic rings. The largest absolute Gasteiger partial charge is 0.379 e. The molecule has 0 unspecified atom stereocenters. The predicted molar refractivity (Wildman–Crippen MR) is 94.8 cm³/mol. The Labute approximate surface area is 146 Å². The maximum Gasteiger partial charge on any atom is 0.108 e. The fraction of sp³-hybridized carbons (Fsp3) is 0.889. The van der Waals surface area contributed by atoms with Crippen LogP contribution in [0.1, 0.15) is 53.7 Å². The molecule has 24 heavy (non-hydrogen) atoms. The van der Waals surface area contributed by atoms with Crippen LogP contribution in [0.25, 0.3) is 0 Å². The van der Waals surface area contributed by atoms with Crippen LogP contribution in [0.4, 0.5) is 0 Å². The van der Waals surface area contributed by atoms with Crippen molar-refractivity contribution in [3.05, 3.63) is 11.9 Å². The molecule has 140 valence electrons. The molecule has 0 aliphatic heterocycles. The van der Waals surface area contributed by atoms with Crippen molar-refractivity contribution in [1.82, 2.24) is 15.0 Å². The van der Waals surface area contributed by atoms with Crippen molar-refractivity contribution < 1.29 is 14.2 Å². The van der Waals surface area contributed by atoms with Crippen LogP contribution < -0.4 is 0 Å². The van der Waals surface area contributed by atoms with Gasteiger partial charge in [0, 0.05) is 13.2 Å². The summed E-state index contributed by atoms with van der Waals surface area (Å²) >= 11 is 0. The second kappa shape index (κ2) is 10.1. The van der Waals surface area contributed by atoms with Crippen LogP contribution in [0.15, 0.2) is 6.20 Å². The molecule has 0 bridgehead atoms. The molecule has 6 heteroatoms. The Bertz CT molecular complexity index is 447. The number of hydrogen-bond acceptors (Lipinski definition) is 5. The van der Waals surface area contributed by atoms with Crippen molar-refractivity contribution in [2.75, 3.05) is 33.0 Å². The maximum atomic E-state index is 5.55. The van der Waals surface area contributed by atoms with Gasteiger partial charge >= 0.3 is 0 Å². The van der Waals surface area contributed by atoms with Gasteiger partial charge in [0.05, 0.1) is 39.2 Å². The van der Waals surface area contributed by atoms with Crippen LogP contribution in [0.2, 0.25) is 0 Å². The third-order valence-electron chi connectivity index (χ3n) is 3.21. The van der Waals surface area contributed by atoms with Gasteiger partial charge in [-0.1, -0.05) is 46.8 Å². The molecule has 0 aromatic carbocycles. The highest BCUT2D eigenvalue weighted by Crippen LogP contribution is 2.17. The van der Waals surface area contributed by atoms with Crippen LogP contribution in [0.5, 0.6) is 0 Å². The minimum atomic E-state index is 0.189. The monoisotopic (exact) mass is 341 g/mol. The number of hydrogen-bond donors (Lipinski definition) is 0. The molecule has 0 spiro atoms. The van der Waals surface area contributed by atoms with Crippen molar-refractivity contribution in [2.24, 2.45) is 10.8 Å². The smallest absolute Gasteiger partial charge is 0.108 e. The number of rotatable bonds is 11. The Balaban J connectivity index is 1.97. The van der Waals surface area contributed by atoms with Gasteiger partial charge in [-0.3, -0.25) is 4.68 Å². The number of aromatic nitrogens is 3. The molecular weight excluding hydrogens is 306 g/mol. The molecule has 0 saturated carbocycles. The number of nitrogens with zero attached hydrogens (tertiary/aromatic N) is 3. The number of ether oxygens (including phenoxy) is 3. The Morgan fingerprint density at radius 1 is 0.833 bits per heavy atom. The molecule has 6 nitrogen and oxygen atoms in total. The molecule has 0 fully saturated rings. The van der Waals surface area contributed by atoms with Crippen molar-refractivity contribution in [2.45, 2.75) is 61.1 Å². The van der Waals surface area contributed by atoms with E-state index in [1.807, 2.05) is 10.9 Å². The van der Waals surface area contributed by atoms with Gasteiger partial charge in [-0.2, -0.15) is 0 Å². The van der Waals surface area contributed by atoms with Gasteiger partial charge in [-0.15, -0.1) is 5.10 Å². The maximum absolute atomic E-state index is 5.55. The summed E-state index contributed by atoms with van der Waals surface area (Å²) in [5, 5.41) is 8.23. The summed E-state index contributed by atoms with van der Waals surface area (Å²) in [6.45, 7) is 17.6. The second-order valence-electron chi connectivity index (χ2n) is 8.56. The average Bonchev–Trinajstić information content (AvgIpc) is 2.85. The molecular formula is C18H35N3O3. The summed E-state index contributed by atoms with van der Waals surface area (Å²) in [7, 11) is 0. The highest BCUT2D eigenvalue weighted by molar-refractivity contribution is 4.90. The first-order chi connectivity index (χ1) is 11.2. The van der Waals surface area contributed by atoms with E-state index >= 15 is 0 Å². The fourth-order valence-corrected chi connectivity index (χ4v) is 1.96. The minimum absolute atomic E-state index is 0.189. The van der Waals surface area contributed by atoms with Crippen molar-refractivity contribution >= 4 is 0 Å². The van der Waals surface area contributed by atoms with E-state index in [0.29, 0.717) is 38.4 Å². The van der Waals surface area contributed by atoms with Crippen LogP contribution in [0.3, 0.4) is 0 Å². The zero-order chi connectivity index (χ0) is 18.1. The Morgan fingerprint density at radius 3 is 2.00 bits per heavy atom. The summed E-state index contributed by atoms with van der Waals surface area (Å²) in [5.74, 6) is 0. The Kier molecular flexibility index (Phi) is 8.87. The van der Waals surface area contributed by atoms with Crippen molar-refractivity contribution in [1.29, 1.82) is 0 Å². The first kappa shape index (κ1) is 21.1. The third-order valence-corrected chi connectivity index (χ3v) is 3.21. The third kappa shape index (κ3) is 11.5. The summed E-state index contributed by atoms with van der Waals surface area (Å²) < 4.78 is 18.4. The van der Waals surface area contributed by atoms with Crippen molar-refractivity contribution in [3.8, 4) is 0 Å². The van der Waals surface area contributed by atoms with E-state index in [9.17, 15) is 0 Å². The highest BCUT2D eigenvalue weighted by atomic mass is 16.5. The van der Waals surface area contributed by atoms with Gasteiger partial charge in [0.1, 0.15) is 5.69 Å². The minimum Gasteiger partial charge on any atom is -0.379 e. The van der Waals surface area contributed by atoms with E-state index < -0.39 is 0 Å². The summed E-state index contributed by atoms with van der Waals surface area (Å²) in [6, 6.07) is 0. The zero-order valence-electron chi connectivity index (χ0n) is 16.3. The van der Waals surface area contributed by atoms with Gasteiger partial charge in [0.15, 0.2) is 0 Å². The topological polar surface area (TPSA) is 58.4 Å². The molecule has 0 saturated heterocycles. The second-order valence-corrected chi connectivity index (χ2v) is 8.56. The lowest BCUT2D eigenvalue weighted by Crippen LogP contribution is -2.15. The predicted octanol–water partition coefficient (Wildman–Crippen LogP) is 3.31. The van der Waals surface area contributed by atoms with Crippen LogP contribution in [0, 0.1) is 10.8 Å². The lowest BCUT2D eigenvalue weighted by atomic mass is 9.93. The zero-order valence-corrected chi connectivity index (χ0v) is 16.3. The van der Waals surface area contributed by atoms with Crippen molar-refractivity contribution in [3.63, 3.8) is 0 Å². The van der Waals surface area contributed by atoms with E-state index in [0.717, 1.165) is 25.3 Å².